The fourth-order valence-corrected chi connectivity index (χ4v) is 2.47. The van der Waals surface area contributed by atoms with Gasteiger partial charge in [-0.3, -0.25) is 4.90 Å². The number of rotatable bonds is 4. The number of piperazine rings is 1. The molecule has 1 heterocycles. The minimum atomic E-state index is -0.229. The lowest BCUT2D eigenvalue weighted by Gasteiger charge is -2.39. The molecule has 1 aromatic rings. The molecule has 0 saturated carbocycles. The van der Waals surface area contributed by atoms with Crippen molar-refractivity contribution >= 4 is 6.09 Å². The molecule has 0 radical (unpaired) electrons. The van der Waals surface area contributed by atoms with Gasteiger partial charge in [-0.25, -0.2) is 4.79 Å². The number of amides is 1. The molecular formula is C15H23N3O2. The third-order valence-corrected chi connectivity index (χ3v) is 3.64. The number of benzene rings is 1. The van der Waals surface area contributed by atoms with E-state index < -0.39 is 0 Å². The van der Waals surface area contributed by atoms with Crippen LogP contribution in [0, 0.1) is 0 Å². The third-order valence-electron chi connectivity index (χ3n) is 3.64. The number of ether oxygens (including phenoxy) is 1. The number of carbonyl (C=O) groups is 1. The minimum Gasteiger partial charge on any atom is -0.445 e. The van der Waals surface area contributed by atoms with E-state index in [1.165, 1.54) is 0 Å². The number of nitrogens with zero attached hydrogens (tertiary/aromatic N) is 2. The van der Waals surface area contributed by atoms with E-state index in [1.807, 2.05) is 30.3 Å². The Morgan fingerprint density at radius 2 is 2.10 bits per heavy atom. The van der Waals surface area contributed by atoms with Crippen LogP contribution in [0.3, 0.4) is 0 Å². The fourth-order valence-electron chi connectivity index (χ4n) is 2.47. The van der Waals surface area contributed by atoms with E-state index >= 15 is 0 Å². The van der Waals surface area contributed by atoms with Gasteiger partial charge < -0.3 is 15.4 Å². The van der Waals surface area contributed by atoms with Gasteiger partial charge in [0, 0.05) is 38.8 Å². The highest BCUT2D eigenvalue weighted by Crippen LogP contribution is 2.11. The van der Waals surface area contributed by atoms with E-state index in [0.717, 1.165) is 18.7 Å². The van der Waals surface area contributed by atoms with Gasteiger partial charge in [-0.05, 0) is 12.5 Å². The summed E-state index contributed by atoms with van der Waals surface area (Å²) in [4.78, 5) is 16.1. The van der Waals surface area contributed by atoms with Gasteiger partial charge in [0.15, 0.2) is 0 Å². The number of hydrogen-bond donors (Lipinski definition) is 1. The molecule has 1 aliphatic heterocycles. The van der Waals surface area contributed by atoms with Crippen molar-refractivity contribution in [2.75, 3.05) is 32.7 Å². The Balaban J connectivity index is 1.79. The summed E-state index contributed by atoms with van der Waals surface area (Å²) < 4.78 is 5.35. The number of hydrogen-bond acceptors (Lipinski definition) is 4. The van der Waals surface area contributed by atoms with Gasteiger partial charge in [0.1, 0.15) is 6.61 Å². The molecule has 2 rings (SSSR count). The summed E-state index contributed by atoms with van der Waals surface area (Å²) in [5.74, 6) is 0. The van der Waals surface area contributed by atoms with Crippen molar-refractivity contribution in [2.24, 2.45) is 5.73 Å². The molecule has 0 aromatic heterocycles. The summed E-state index contributed by atoms with van der Waals surface area (Å²) in [7, 11) is 0. The first-order valence-electron chi connectivity index (χ1n) is 7.10. The Kier molecular flexibility index (Phi) is 5.38. The molecule has 110 valence electrons. The average molecular weight is 277 g/mol. The van der Waals surface area contributed by atoms with E-state index in [0.29, 0.717) is 32.3 Å². The summed E-state index contributed by atoms with van der Waals surface area (Å²) >= 11 is 0. The molecule has 1 aliphatic rings. The zero-order valence-electron chi connectivity index (χ0n) is 12.0. The normalized spacial score (nSPS) is 19.9. The van der Waals surface area contributed by atoms with Gasteiger partial charge in [0.25, 0.3) is 0 Å². The Morgan fingerprint density at radius 3 is 2.75 bits per heavy atom. The summed E-state index contributed by atoms with van der Waals surface area (Å²) in [6, 6.07) is 10.1. The van der Waals surface area contributed by atoms with Crippen LogP contribution in [0.4, 0.5) is 4.79 Å². The van der Waals surface area contributed by atoms with Crippen LogP contribution in [0.2, 0.25) is 0 Å². The molecule has 0 unspecified atom stereocenters. The first-order valence-corrected chi connectivity index (χ1v) is 7.10. The predicted molar refractivity (Wildman–Crippen MR) is 78.3 cm³/mol. The van der Waals surface area contributed by atoms with Crippen molar-refractivity contribution in [1.29, 1.82) is 0 Å². The summed E-state index contributed by atoms with van der Waals surface area (Å²) in [6.07, 6.45) is -0.229. The van der Waals surface area contributed by atoms with E-state index in [-0.39, 0.29) is 6.09 Å². The average Bonchev–Trinajstić information content (AvgIpc) is 2.48. The maximum Gasteiger partial charge on any atom is 0.410 e. The standard InChI is InChI=1S/C15H23N3O2/c1-13-11-18(10-9-17(13)8-7-16)15(19)20-12-14-5-3-2-4-6-14/h2-6,13H,7-12,16H2,1H3/t13-/m1/s1. The van der Waals surface area contributed by atoms with Crippen LogP contribution in [0.1, 0.15) is 12.5 Å². The van der Waals surface area contributed by atoms with Crippen molar-refractivity contribution in [3.8, 4) is 0 Å². The molecule has 1 fully saturated rings. The van der Waals surface area contributed by atoms with Gasteiger partial charge >= 0.3 is 6.09 Å². The molecule has 20 heavy (non-hydrogen) atoms. The van der Waals surface area contributed by atoms with E-state index in [1.54, 1.807) is 4.90 Å². The molecule has 5 heteroatoms. The van der Waals surface area contributed by atoms with Crippen LogP contribution in [0.15, 0.2) is 30.3 Å². The maximum absolute atomic E-state index is 12.0. The van der Waals surface area contributed by atoms with Crippen molar-refractivity contribution < 1.29 is 9.53 Å². The molecule has 1 aromatic carbocycles. The highest BCUT2D eigenvalue weighted by Gasteiger charge is 2.26. The lowest BCUT2D eigenvalue weighted by atomic mass is 10.2. The Labute approximate surface area is 120 Å². The largest absolute Gasteiger partial charge is 0.445 e. The lowest BCUT2D eigenvalue weighted by Crippen LogP contribution is -2.54. The zero-order chi connectivity index (χ0) is 14.4. The first-order chi connectivity index (χ1) is 9.70. The maximum atomic E-state index is 12.0. The molecule has 0 aliphatic carbocycles. The monoisotopic (exact) mass is 277 g/mol. The lowest BCUT2D eigenvalue weighted by molar-refractivity contribution is 0.0529. The van der Waals surface area contributed by atoms with Crippen LogP contribution >= 0.6 is 0 Å². The Morgan fingerprint density at radius 1 is 1.35 bits per heavy atom. The Bertz CT molecular complexity index is 424. The SMILES string of the molecule is C[C@@H]1CN(C(=O)OCc2ccccc2)CCN1CCN. The van der Waals surface area contributed by atoms with Crippen LogP contribution in [0.25, 0.3) is 0 Å². The zero-order valence-corrected chi connectivity index (χ0v) is 12.0. The highest BCUT2D eigenvalue weighted by molar-refractivity contribution is 5.67. The number of carbonyl (C=O) groups excluding carboxylic acids is 1. The second kappa shape index (κ2) is 7.26. The van der Waals surface area contributed by atoms with Gasteiger partial charge in [-0.2, -0.15) is 0 Å². The number of nitrogens with two attached hydrogens (primary N) is 1. The van der Waals surface area contributed by atoms with E-state index in [2.05, 4.69) is 11.8 Å². The van der Waals surface area contributed by atoms with Crippen molar-refractivity contribution in [3.05, 3.63) is 35.9 Å². The van der Waals surface area contributed by atoms with E-state index in [4.69, 9.17) is 10.5 Å². The van der Waals surface area contributed by atoms with Crippen LogP contribution in [-0.4, -0.2) is 54.7 Å². The molecule has 1 amide bonds. The van der Waals surface area contributed by atoms with Gasteiger partial charge in [0.2, 0.25) is 0 Å². The van der Waals surface area contributed by atoms with Crippen molar-refractivity contribution in [1.82, 2.24) is 9.80 Å². The molecule has 5 nitrogen and oxygen atoms in total. The molecule has 0 bridgehead atoms. The second-order valence-electron chi connectivity index (χ2n) is 5.16. The Hall–Kier alpha value is -1.59. The van der Waals surface area contributed by atoms with Gasteiger partial charge in [0.05, 0.1) is 0 Å². The second-order valence-corrected chi connectivity index (χ2v) is 5.16. The molecule has 0 spiro atoms. The van der Waals surface area contributed by atoms with Crippen LogP contribution < -0.4 is 5.73 Å². The van der Waals surface area contributed by atoms with Crippen LogP contribution in [0.5, 0.6) is 0 Å². The first kappa shape index (κ1) is 14.8. The van der Waals surface area contributed by atoms with Crippen molar-refractivity contribution in [3.63, 3.8) is 0 Å². The minimum absolute atomic E-state index is 0.229. The quantitative estimate of drug-likeness (QED) is 0.901. The smallest absolute Gasteiger partial charge is 0.410 e. The van der Waals surface area contributed by atoms with Crippen molar-refractivity contribution in [2.45, 2.75) is 19.6 Å². The predicted octanol–water partition coefficient (Wildman–Crippen LogP) is 1.29. The molecule has 1 saturated heterocycles. The van der Waals surface area contributed by atoms with Gasteiger partial charge in [-0.15, -0.1) is 0 Å². The molecule has 2 N–H and O–H groups in total. The molecular weight excluding hydrogens is 254 g/mol. The topological polar surface area (TPSA) is 58.8 Å². The van der Waals surface area contributed by atoms with Crippen LogP contribution in [-0.2, 0) is 11.3 Å². The summed E-state index contributed by atoms with van der Waals surface area (Å²) in [6.45, 7) is 6.25. The summed E-state index contributed by atoms with van der Waals surface area (Å²) in [5.41, 5.74) is 6.59. The summed E-state index contributed by atoms with van der Waals surface area (Å²) in [5, 5.41) is 0. The third kappa shape index (κ3) is 3.95. The molecule has 1 atom stereocenters. The van der Waals surface area contributed by atoms with E-state index in [9.17, 15) is 4.79 Å². The van der Waals surface area contributed by atoms with Gasteiger partial charge in [-0.1, -0.05) is 30.3 Å². The highest BCUT2D eigenvalue weighted by atomic mass is 16.6. The fraction of sp³-hybridized carbons (Fsp3) is 0.533.